The lowest BCUT2D eigenvalue weighted by Crippen LogP contribution is -2.38. The van der Waals surface area contributed by atoms with Crippen LogP contribution in [-0.4, -0.2) is 53.6 Å². The van der Waals surface area contributed by atoms with Crippen molar-refractivity contribution in [3.63, 3.8) is 0 Å². The van der Waals surface area contributed by atoms with E-state index in [1.807, 2.05) is 45.1 Å². The maximum Gasteiger partial charge on any atom is 0.240 e. The standard InChI is InChI=1S/C14H25N3O2S/c1-12(17(3)4)11-16-20(18,19)14-7-5-13(6-8-14)9-10-15-2/h5-8,12,15-16H,9-11H2,1-4H3. The van der Waals surface area contributed by atoms with E-state index in [1.54, 1.807) is 12.1 Å². The molecule has 20 heavy (non-hydrogen) atoms. The minimum Gasteiger partial charge on any atom is -0.319 e. The Labute approximate surface area is 122 Å². The Hall–Kier alpha value is -0.950. The lowest BCUT2D eigenvalue weighted by atomic mass is 10.1. The van der Waals surface area contributed by atoms with E-state index in [9.17, 15) is 8.42 Å². The van der Waals surface area contributed by atoms with Gasteiger partial charge in [-0.15, -0.1) is 0 Å². The molecule has 0 aliphatic rings. The second-order valence-electron chi connectivity index (χ2n) is 5.16. The Morgan fingerprint density at radius 1 is 1.20 bits per heavy atom. The number of nitrogens with one attached hydrogen (secondary N) is 2. The molecule has 0 aromatic heterocycles. The summed E-state index contributed by atoms with van der Waals surface area (Å²) in [4.78, 5) is 2.29. The fourth-order valence-corrected chi connectivity index (χ4v) is 2.72. The van der Waals surface area contributed by atoms with E-state index in [4.69, 9.17) is 0 Å². The van der Waals surface area contributed by atoms with Gasteiger partial charge in [0.2, 0.25) is 10.0 Å². The molecule has 1 rings (SSSR count). The molecule has 0 heterocycles. The maximum atomic E-state index is 12.1. The van der Waals surface area contributed by atoms with E-state index >= 15 is 0 Å². The molecule has 0 spiro atoms. The van der Waals surface area contributed by atoms with Gasteiger partial charge in [-0.25, -0.2) is 13.1 Å². The van der Waals surface area contributed by atoms with Gasteiger partial charge in [0.1, 0.15) is 0 Å². The third-order valence-electron chi connectivity index (χ3n) is 3.35. The Morgan fingerprint density at radius 3 is 2.30 bits per heavy atom. The van der Waals surface area contributed by atoms with Crippen LogP contribution in [0, 0.1) is 0 Å². The molecule has 0 aliphatic heterocycles. The van der Waals surface area contributed by atoms with Gasteiger partial charge in [0.05, 0.1) is 4.90 Å². The lowest BCUT2D eigenvalue weighted by Gasteiger charge is -2.20. The van der Waals surface area contributed by atoms with Crippen LogP contribution in [0.25, 0.3) is 0 Å². The molecule has 6 heteroatoms. The van der Waals surface area contributed by atoms with Crippen molar-refractivity contribution in [2.45, 2.75) is 24.3 Å². The Morgan fingerprint density at radius 2 is 1.80 bits per heavy atom. The third kappa shape index (κ3) is 5.20. The first-order valence-electron chi connectivity index (χ1n) is 6.76. The second kappa shape index (κ2) is 7.73. The molecule has 0 aliphatic carbocycles. The molecular formula is C14H25N3O2S. The van der Waals surface area contributed by atoms with E-state index < -0.39 is 10.0 Å². The van der Waals surface area contributed by atoms with E-state index in [0.717, 1.165) is 18.5 Å². The summed E-state index contributed by atoms with van der Waals surface area (Å²) in [6.45, 7) is 3.25. The first-order valence-corrected chi connectivity index (χ1v) is 8.24. The summed E-state index contributed by atoms with van der Waals surface area (Å²) < 4.78 is 26.9. The van der Waals surface area contributed by atoms with Gasteiger partial charge in [-0.2, -0.15) is 0 Å². The van der Waals surface area contributed by atoms with Gasteiger partial charge in [0, 0.05) is 12.6 Å². The Kier molecular flexibility index (Phi) is 6.61. The molecule has 0 amide bonds. The SMILES string of the molecule is CNCCc1ccc(S(=O)(=O)NCC(C)N(C)C)cc1. The fraction of sp³-hybridized carbons (Fsp3) is 0.571. The average Bonchev–Trinajstić information content (AvgIpc) is 2.43. The van der Waals surface area contributed by atoms with E-state index in [0.29, 0.717) is 11.4 Å². The molecule has 2 N–H and O–H groups in total. The molecule has 114 valence electrons. The van der Waals surface area contributed by atoms with Crippen LogP contribution in [0.5, 0.6) is 0 Å². The molecule has 1 atom stereocenters. The number of hydrogen-bond donors (Lipinski definition) is 2. The molecule has 5 nitrogen and oxygen atoms in total. The van der Waals surface area contributed by atoms with Gasteiger partial charge >= 0.3 is 0 Å². The molecule has 1 aromatic carbocycles. The zero-order chi connectivity index (χ0) is 15.2. The van der Waals surface area contributed by atoms with E-state index in [2.05, 4.69) is 10.0 Å². The predicted octanol–water partition coefficient (Wildman–Crippen LogP) is 0.677. The second-order valence-corrected chi connectivity index (χ2v) is 6.93. The van der Waals surface area contributed by atoms with Crippen LogP contribution in [0.4, 0.5) is 0 Å². The maximum absolute atomic E-state index is 12.1. The first-order chi connectivity index (χ1) is 9.36. The number of sulfonamides is 1. The molecule has 0 bridgehead atoms. The number of hydrogen-bond acceptors (Lipinski definition) is 4. The average molecular weight is 299 g/mol. The highest BCUT2D eigenvalue weighted by Gasteiger charge is 2.15. The number of likely N-dealkylation sites (N-methyl/N-ethyl adjacent to an activating group) is 2. The molecule has 0 radical (unpaired) electrons. The van der Waals surface area contributed by atoms with Gasteiger partial charge in [0.25, 0.3) is 0 Å². The summed E-state index contributed by atoms with van der Waals surface area (Å²) >= 11 is 0. The summed E-state index contributed by atoms with van der Waals surface area (Å²) in [5.74, 6) is 0. The zero-order valence-corrected chi connectivity index (χ0v) is 13.5. The van der Waals surface area contributed by atoms with E-state index in [-0.39, 0.29) is 6.04 Å². The lowest BCUT2D eigenvalue weighted by molar-refractivity contribution is 0.314. The van der Waals surface area contributed by atoms with Crippen molar-refractivity contribution >= 4 is 10.0 Å². The zero-order valence-electron chi connectivity index (χ0n) is 12.7. The first kappa shape index (κ1) is 17.1. The van der Waals surface area contributed by atoms with Crippen molar-refractivity contribution in [2.75, 3.05) is 34.2 Å². The topological polar surface area (TPSA) is 61.4 Å². The predicted molar refractivity (Wildman–Crippen MR) is 82.4 cm³/mol. The van der Waals surface area contributed by atoms with Crippen LogP contribution in [0.1, 0.15) is 12.5 Å². The van der Waals surface area contributed by atoms with Crippen molar-refractivity contribution in [1.29, 1.82) is 0 Å². The van der Waals surface area contributed by atoms with Crippen molar-refractivity contribution in [1.82, 2.24) is 14.9 Å². The van der Waals surface area contributed by atoms with Crippen LogP contribution < -0.4 is 10.0 Å². The van der Waals surface area contributed by atoms with E-state index in [1.165, 1.54) is 0 Å². The van der Waals surface area contributed by atoms with Crippen LogP contribution in [0.3, 0.4) is 0 Å². The summed E-state index contributed by atoms with van der Waals surface area (Å²) in [7, 11) is 2.33. The minimum absolute atomic E-state index is 0.152. The normalized spacial score (nSPS) is 13.7. The van der Waals surface area contributed by atoms with Crippen LogP contribution in [-0.2, 0) is 16.4 Å². The molecule has 1 unspecified atom stereocenters. The highest BCUT2D eigenvalue weighted by Crippen LogP contribution is 2.11. The van der Waals surface area contributed by atoms with Gasteiger partial charge in [-0.1, -0.05) is 12.1 Å². The molecule has 0 fully saturated rings. The molecule has 0 saturated heterocycles. The van der Waals surface area contributed by atoms with Crippen molar-refractivity contribution in [2.24, 2.45) is 0 Å². The van der Waals surface area contributed by atoms with Gasteiger partial charge in [0.15, 0.2) is 0 Å². The van der Waals surface area contributed by atoms with Gasteiger partial charge in [-0.05, 0) is 58.7 Å². The quantitative estimate of drug-likeness (QED) is 0.741. The third-order valence-corrected chi connectivity index (χ3v) is 4.79. The summed E-state index contributed by atoms with van der Waals surface area (Å²) in [5.41, 5.74) is 1.12. The number of nitrogens with zero attached hydrogens (tertiary/aromatic N) is 1. The summed E-state index contributed by atoms with van der Waals surface area (Å²) in [5, 5.41) is 3.07. The van der Waals surface area contributed by atoms with Crippen LogP contribution >= 0.6 is 0 Å². The molecular weight excluding hydrogens is 274 g/mol. The number of rotatable bonds is 8. The number of benzene rings is 1. The van der Waals surface area contributed by atoms with Crippen molar-refractivity contribution in [3.8, 4) is 0 Å². The fourth-order valence-electron chi connectivity index (χ4n) is 1.60. The van der Waals surface area contributed by atoms with Gasteiger partial charge in [-0.3, -0.25) is 0 Å². The summed E-state index contributed by atoms with van der Waals surface area (Å²) in [6.07, 6.45) is 0.891. The Bertz CT molecular complexity index is 498. The van der Waals surface area contributed by atoms with Crippen molar-refractivity contribution in [3.05, 3.63) is 29.8 Å². The Balaban J connectivity index is 2.68. The largest absolute Gasteiger partial charge is 0.319 e. The minimum atomic E-state index is -3.42. The molecule has 1 aromatic rings. The van der Waals surface area contributed by atoms with Crippen LogP contribution in [0.15, 0.2) is 29.2 Å². The smallest absolute Gasteiger partial charge is 0.240 e. The van der Waals surface area contributed by atoms with Crippen molar-refractivity contribution < 1.29 is 8.42 Å². The van der Waals surface area contributed by atoms with Crippen LogP contribution in [0.2, 0.25) is 0 Å². The summed E-state index contributed by atoms with van der Waals surface area (Å²) in [6, 6.07) is 7.20. The highest BCUT2D eigenvalue weighted by molar-refractivity contribution is 7.89. The van der Waals surface area contributed by atoms with Gasteiger partial charge < -0.3 is 10.2 Å². The monoisotopic (exact) mass is 299 g/mol. The highest BCUT2D eigenvalue weighted by atomic mass is 32.2. The molecule has 0 saturated carbocycles.